The van der Waals surface area contributed by atoms with Gasteiger partial charge in [0, 0.05) is 38.3 Å². The minimum atomic E-state index is 0.0768. The summed E-state index contributed by atoms with van der Waals surface area (Å²) in [7, 11) is 0. The fraction of sp³-hybridized carbons (Fsp3) is 0.944. The van der Waals surface area contributed by atoms with Gasteiger partial charge in [-0.3, -0.25) is 14.7 Å². The van der Waals surface area contributed by atoms with Crippen molar-refractivity contribution in [1.82, 2.24) is 19.8 Å². The molecule has 0 bridgehead atoms. The van der Waals surface area contributed by atoms with Crippen LogP contribution in [0.5, 0.6) is 0 Å². The highest BCUT2D eigenvalue weighted by molar-refractivity contribution is 5.78. The number of hydrazine groups is 1. The van der Waals surface area contributed by atoms with Crippen molar-refractivity contribution in [3.8, 4) is 0 Å². The lowest BCUT2D eigenvalue weighted by atomic mass is 9.92. The second kappa shape index (κ2) is 7.08. The van der Waals surface area contributed by atoms with E-state index in [1.807, 2.05) is 5.01 Å². The number of carbonyl (C=O) groups excluding carboxylic acids is 1. The summed E-state index contributed by atoms with van der Waals surface area (Å²) in [6, 6.07) is 0. The SMILES string of the molecule is CC(C)(C)CCN1CCN(N2CCN(C(C)(C)C)CC2=O)CC1. The minimum Gasteiger partial charge on any atom is -0.301 e. The second-order valence-electron chi connectivity index (χ2n) is 9.22. The number of piperazine rings is 2. The monoisotopic (exact) mass is 324 g/mol. The van der Waals surface area contributed by atoms with E-state index in [0.717, 1.165) is 39.3 Å². The number of hydrogen-bond acceptors (Lipinski definition) is 4. The zero-order valence-electron chi connectivity index (χ0n) is 16.1. The highest BCUT2D eigenvalue weighted by Gasteiger charge is 2.34. The third-order valence-corrected chi connectivity index (χ3v) is 5.01. The zero-order valence-corrected chi connectivity index (χ0v) is 16.1. The molecule has 0 atom stereocenters. The van der Waals surface area contributed by atoms with Crippen LogP contribution in [0.25, 0.3) is 0 Å². The predicted octanol–water partition coefficient (Wildman–Crippen LogP) is 1.90. The maximum absolute atomic E-state index is 12.5. The Morgan fingerprint density at radius 2 is 1.48 bits per heavy atom. The van der Waals surface area contributed by atoms with Crippen molar-refractivity contribution in [3.05, 3.63) is 0 Å². The minimum absolute atomic E-state index is 0.0768. The van der Waals surface area contributed by atoms with E-state index in [0.29, 0.717) is 12.0 Å². The lowest BCUT2D eigenvalue weighted by molar-refractivity contribution is -0.163. The first kappa shape index (κ1) is 18.7. The van der Waals surface area contributed by atoms with Crippen LogP contribution in [-0.4, -0.2) is 83.6 Å². The van der Waals surface area contributed by atoms with E-state index in [1.165, 1.54) is 13.0 Å². The second-order valence-corrected chi connectivity index (χ2v) is 9.22. The molecule has 0 aromatic heterocycles. The maximum Gasteiger partial charge on any atom is 0.251 e. The molecule has 2 rings (SSSR count). The van der Waals surface area contributed by atoms with E-state index in [-0.39, 0.29) is 11.4 Å². The summed E-state index contributed by atoms with van der Waals surface area (Å²) in [5.74, 6) is 0.259. The van der Waals surface area contributed by atoms with E-state index in [2.05, 4.69) is 56.4 Å². The first-order valence-electron chi connectivity index (χ1n) is 9.09. The van der Waals surface area contributed by atoms with Gasteiger partial charge < -0.3 is 4.90 Å². The molecule has 0 saturated carbocycles. The van der Waals surface area contributed by atoms with Crippen LogP contribution < -0.4 is 0 Å². The normalized spacial score (nSPS) is 23.6. The summed E-state index contributed by atoms with van der Waals surface area (Å²) in [5, 5.41) is 4.28. The Balaban J connectivity index is 1.79. The summed E-state index contributed by atoms with van der Waals surface area (Å²) >= 11 is 0. The van der Waals surface area contributed by atoms with Crippen LogP contribution in [-0.2, 0) is 4.79 Å². The molecule has 0 unspecified atom stereocenters. The number of amides is 1. The summed E-state index contributed by atoms with van der Waals surface area (Å²) in [6.07, 6.45) is 1.23. The van der Waals surface area contributed by atoms with Crippen LogP contribution in [0.4, 0.5) is 0 Å². The van der Waals surface area contributed by atoms with E-state index in [4.69, 9.17) is 0 Å². The summed E-state index contributed by atoms with van der Waals surface area (Å²) < 4.78 is 0. The van der Waals surface area contributed by atoms with Crippen LogP contribution in [0.2, 0.25) is 0 Å². The van der Waals surface area contributed by atoms with Gasteiger partial charge in [-0.15, -0.1) is 0 Å². The van der Waals surface area contributed by atoms with E-state index in [9.17, 15) is 4.79 Å². The molecular weight excluding hydrogens is 288 g/mol. The summed E-state index contributed by atoms with van der Waals surface area (Å²) in [5.41, 5.74) is 0.476. The lowest BCUT2D eigenvalue weighted by Gasteiger charge is -2.47. The molecule has 0 spiro atoms. The molecule has 1 amide bonds. The molecule has 0 aromatic carbocycles. The zero-order chi connectivity index (χ0) is 17.3. The Morgan fingerprint density at radius 3 is 1.96 bits per heavy atom. The Labute approximate surface area is 142 Å². The van der Waals surface area contributed by atoms with Gasteiger partial charge in [0.15, 0.2) is 0 Å². The van der Waals surface area contributed by atoms with Gasteiger partial charge in [-0.25, -0.2) is 5.01 Å². The lowest BCUT2D eigenvalue weighted by Crippen LogP contribution is -2.63. The largest absolute Gasteiger partial charge is 0.301 e. The first-order valence-corrected chi connectivity index (χ1v) is 9.09. The molecule has 2 heterocycles. The highest BCUT2D eigenvalue weighted by atomic mass is 16.2. The fourth-order valence-corrected chi connectivity index (χ4v) is 3.23. The number of carbonyl (C=O) groups is 1. The molecule has 0 radical (unpaired) electrons. The molecule has 134 valence electrons. The molecule has 5 nitrogen and oxygen atoms in total. The number of nitrogens with zero attached hydrogens (tertiary/aromatic N) is 4. The standard InChI is InChI=1S/C18H36N4O/c1-17(2,3)7-8-19-9-12-21(13-10-19)22-14-11-20(15-16(22)23)18(4,5)6/h7-15H2,1-6H3. The third-order valence-electron chi connectivity index (χ3n) is 5.01. The van der Waals surface area contributed by atoms with Crippen molar-refractivity contribution in [2.75, 3.05) is 52.4 Å². The molecule has 23 heavy (non-hydrogen) atoms. The van der Waals surface area contributed by atoms with Crippen LogP contribution in [0.3, 0.4) is 0 Å². The molecule has 2 aliphatic heterocycles. The van der Waals surface area contributed by atoms with Gasteiger partial charge >= 0.3 is 0 Å². The van der Waals surface area contributed by atoms with Crippen LogP contribution in [0.15, 0.2) is 0 Å². The van der Waals surface area contributed by atoms with Crippen molar-refractivity contribution in [2.24, 2.45) is 5.41 Å². The van der Waals surface area contributed by atoms with Gasteiger partial charge in [0.25, 0.3) is 5.91 Å². The first-order chi connectivity index (χ1) is 10.6. The van der Waals surface area contributed by atoms with Gasteiger partial charge in [0.2, 0.25) is 0 Å². The Hall–Kier alpha value is -0.650. The third kappa shape index (κ3) is 5.44. The number of hydrogen-bond donors (Lipinski definition) is 0. The molecule has 0 aromatic rings. The predicted molar refractivity (Wildman–Crippen MR) is 95.1 cm³/mol. The quantitative estimate of drug-likeness (QED) is 0.793. The van der Waals surface area contributed by atoms with Gasteiger partial charge in [0.05, 0.1) is 13.1 Å². The maximum atomic E-state index is 12.5. The molecule has 2 fully saturated rings. The smallest absolute Gasteiger partial charge is 0.251 e. The van der Waals surface area contributed by atoms with E-state index in [1.54, 1.807) is 0 Å². The summed E-state index contributed by atoms with van der Waals surface area (Å²) in [4.78, 5) is 17.3. The molecule has 0 N–H and O–H groups in total. The van der Waals surface area contributed by atoms with Gasteiger partial charge in [-0.1, -0.05) is 20.8 Å². The molecular formula is C18H36N4O. The molecule has 0 aliphatic carbocycles. The average Bonchev–Trinajstić information content (AvgIpc) is 2.44. The van der Waals surface area contributed by atoms with Gasteiger partial charge in [0.1, 0.15) is 0 Å². The Morgan fingerprint density at radius 1 is 0.870 bits per heavy atom. The average molecular weight is 325 g/mol. The van der Waals surface area contributed by atoms with Crippen LogP contribution >= 0.6 is 0 Å². The van der Waals surface area contributed by atoms with E-state index < -0.39 is 0 Å². The van der Waals surface area contributed by atoms with Crippen molar-refractivity contribution in [3.63, 3.8) is 0 Å². The Bertz CT molecular complexity index is 402. The van der Waals surface area contributed by atoms with Gasteiger partial charge in [-0.05, 0) is 39.2 Å². The van der Waals surface area contributed by atoms with E-state index >= 15 is 0 Å². The molecule has 5 heteroatoms. The topological polar surface area (TPSA) is 30.0 Å². The van der Waals surface area contributed by atoms with Crippen molar-refractivity contribution >= 4 is 5.91 Å². The number of rotatable bonds is 3. The van der Waals surface area contributed by atoms with Crippen LogP contribution in [0.1, 0.15) is 48.0 Å². The van der Waals surface area contributed by atoms with Crippen molar-refractivity contribution in [2.45, 2.75) is 53.5 Å². The fourth-order valence-electron chi connectivity index (χ4n) is 3.23. The van der Waals surface area contributed by atoms with Crippen molar-refractivity contribution < 1.29 is 4.79 Å². The van der Waals surface area contributed by atoms with Gasteiger partial charge in [-0.2, -0.15) is 0 Å². The molecule has 2 aliphatic rings. The summed E-state index contributed by atoms with van der Waals surface area (Å²) in [6.45, 7) is 21.1. The van der Waals surface area contributed by atoms with Crippen molar-refractivity contribution in [1.29, 1.82) is 0 Å². The van der Waals surface area contributed by atoms with Crippen LogP contribution in [0, 0.1) is 5.41 Å². The molecule has 2 saturated heterocycles. The highest BCUT2D eigenvalue weighted by Crippen LogP contribution is 2.21. The Kier molecular flexibility index (Phi) is 5.75.